The Kier molecular flexibility index (Phi) is 2.25. The van der Waals surface area contributed by atoms with Gasteiger partial charge < -0.3 is 0 Å². The quantitative estimate of drug-likeness (QED) is 0.473. The number of rotatable bonds is 2. The van der Waals surface area contributed by atoms with Crippen molar-refractivity contribution in [1.29, 1.82) is 0 Å². The molecule has 0 bridgehead atoms. The normalized spacial score (nSPS) is 36.4. The first-order chi connectivity index (χ1) is 6.27. The number of hydrogen-bond donors (Lipinski definition) is 0. The van der Waals surface area contributed by atoms with Crippen molar-refractivity contribution in [1.82, 2.24) is 0 Å². The number of isocyanates is 1. The maximum atomic E-state index is 10.3. The molecule has 2 fully saturated rings. The third-order valence-electron chi connectivity index (χ3n) is 3.81. The minimum atomic E-state index is 0.0574. The molecule has 2 saturated carbocycles. The molecule has 2 aliphatic carbocycles. The Labute approximate surface area is 79.4 Å². The molecule has 0 aliphatic heterocycles. The summed E-state index contributed by atoms with van der Waals surface area (Å²) in [5, 5.41) is 0. The van der Waals surface area contributed by atoms with Crippen LogP contribution >= 0.6 is 0 Å². The Morgan fingerprint density at radius 2 is 1.85 bits per heavy atom. The van der Waals surface area contributed by atoms with E-state index in [1.54, 1.807) is 6.08 Å². The molecule has 0 heterocycles. The molecule has 2 heteroatoms. The summed E-state index contributed by atoms with van der Waals surface area (Å²) >= 11 is 0. The Morgan fingerprint density at radius 3 is 2.31 bits per heavy atom. The minimum absolute atomic E-state index is 0.0574. The van der Waals surface area contributed by atoms with Crippen LogP contribution in [0.5, 0.6) is 0 Å². The van der Waals surface area contributed by atoms with E-state index < -0.39 is 0 Å². The molecule has 0 aromatic heterocycles. The highest BCUT2D eigenvalue weighted by Gasteiger charge is 2.50. The van der Waals surface area contributed by atoms with Gasteiger partial charge in [-0.15, -0.1) is 0 Å². The van der Waals surface area contributed by atoms with Crippen molar-refractivity contribution in [3.05, 3.63) is 0 Å². The molecule has 0 spiro atoms. The van der Waals surface area contributed by atoms with Crippen molar-refractivity contribution in [3.8, 4) is 0 Å². The molecule has 2 nitrogen and oxygen atoms in total. The molecule has 0 aromatic carbocycles. The smallest absolute Gasteiger partial charge is 0.211 e. The first-order valence-electron chi connectivity index (χ1n) is 5.36. The third-order valence-corrected chi connectivity index (χ3v) is 3.81. The van der Waals surface area contributed by atoms with E-state index in [0.29, 0.717) is 5.92 Å². The lowest BCUT2D eigenvalue weighted by molar-refractivity contribution is 0.245. The van der Waals surface area contributed by atoms with Crippen molar-refractivity contribution in [2.75, 3.05) is 0 Å². The maximum Gasteiger partial charge on any atom is 0.235 e. The van der Waals surface area contributed by atoms with Crippen molar-refractivity contribution < 1.29 is 4.79 Å². The zero-order chi connectivity index (χ0) is 9.31. The molecule has 13 heavy (non-hydrogen) atoms. The molecule has 0 atom stereocenters. The zero-order valence-corrected chi connectivity index (χ0v) is 8.25. The maximum absolute atomic E-state index is 10.3. The summed E-state index contributed by atoms with van der Waals surface area (Å²) in [6.07, 6.45) is 9.19. The molecule has 0 aromatic rings. The van der Waals surface area contributed by atoms with E-state index in [2.05, 4.69) is 11.9 Å². The zero-order valence-electron chi connectivity index (χ0n) is 8.25. The number of nitrogens with zero attached hydrogens (tertiary/aromatic N) is 1. The first-order valence-corrected chi connectivity index (χ1v) is 5.36. The standard InChI is InChI=1S/C11H17NO/c1-9-2-4-10(5-3-9)11(6-7-11)12-8-13/h9-10H,2-7H2,1H3. The van der Waals surface area contributed by atoms with Crippen molar-refractivity contribution in [2.24, 2.45) is 16.8 Å². The van der Waals surface area contributed by atoms with Crippen LogP contribution < -0.4 is 0 Å². The summed E-state index contributed by atoms with van der Waals surface area (Å²) in [6.45, 7) is 2.32. The van der Waals surface area contributed by atoms with E-state index in [-0.39, 0.29) is 5.54 Å². The van der Waals surface area contributed by atoms with E-state index >= 15 is 0 Å². The van der Waals surface area contributed by atoms with Crippen molar-refractivity contribution in [3.63, 3.8) is 0 Å². The van der Waals surface area contributed by atoms with Crippen molar-refractivity contribution >= 4 is 6.08 Å². The lowest BCUT2D eigenvalue weighted by Crippen LogP contribution is -2.25. The highest BCUT2D eigenvalue weighted by molar-refractivity contribution is 5.37. The van der Waals surface area contributed by atoms with Gasteiger partial charge in [0.25, 0.3) is 0 Å². The average molecular weight is 179 g/mol. The Hall–Kier alpha value is -0.620. The van der Waals surface area contributed by atoms with Gasteiger partial charge in [-0.2, -0.15) is 4.99 Å². The summed E-state index contributed by atoms with van der Waals surface area (Å²) in [5.41, 5.74) is 0.0574. The number of carbonyl (C=O) groups excluding carboxylic acids is 1. The van der Waals surface area contributed by atoms with Crippen LogP contribution in [0.4, 0.5) is 0 Å². The molecule has 2 aliphatic rings. The van der Waals surface area contributed by atoms with Crippen LogP contribution in [0, 0.1) is 11.8 Å². The van der Waals surface area contributed by atoms with Gasteiger partial charge in [-0.3, -0.25) is 0 Å². The monoisotopic (exact) mass is 179 g/mol. The highest BCUT2D eigenvalue weighted by atomic mass is 16.1. The molecule has 0 radical (unpaired) electrons. The van der Waals surface area contributed by atoms with Gasteiger partial charge in [0.05, 0.1) is 5.54 Å². The van der Waals surface area contributed by atoms with Gasteiger partial charge in [-0.05, 0) is 37.5 Å². The second kappa shape index (κ2) is 3.26. The number of aliphatic imine (C=N–C) groups is 1. The van der Waals surface area contributed by atoms with E-state index in [1.165, 1.54) is 25.7 Å². The summed E-state index contributed by atoms with van der Waals surface area (Å²) in [4.78, 5) is 14.3. The molecular weight excluding hydrogens is 162 g/mol. The van der Waals surface area contributed by atoms with Gasteiger partial charge in [0.2, 0.25) is 6.08 Å². The summed E-state index contributed by atoms with van der Waals surface area (Å²) in [6, 6.07) is 0. The molecule has 72 valence electrons. The number of hydrogen-bond acceptors (Lipinski definition) is 2. The Bertz CT molecular complexity index is 230. The van der Waals surface area contributed by atoms with Crippen LogP contribution in [0.15, 0.2) is 4.99 Å². The Morgan fingerprint density at radius 1 is 1.23 bits per heavy atom. The lowest BCUT2D eigenvalue weighted by atomic mass is 9.78. The van der Waals surface area contributed by atoms with E-state index in [4.69, 9.17) is 0 Å². The Balaban J connectivity index is 1.98. The van der Waals surface area contributed by atoms with Gasteiger partial charge in [0, 0.05) is 0 Å². The SMILES string of the molecule is CC1CCC(C2(N=C=O)CC2)CC1. The molecule has 0 amide bonds. The van der Waals surface area contributed by atoms with Gasteiger partial charge >= 0.3 is 0 Å². The molecular formula is C11H17NO. The predicted molar refractivity (Wildman–Crippen MR) is 51.2 cm³/mol. The predicted octanol–water partition coefficient (Wildman–Crippen LogP) is 2.68. The summed E-state index contributed by atoms with van der Waals surface area (Å²) in [7, 11) is 0. The molecule has 0 saturated heterocycles. The minimum Gasteiger partial charge on any atom is -0.211 e. The third kappa shape index (κ3) is 1.68. The largest absolute Gasteiger partial charge is 0.235 e. The van der Waals surface area contributed by atoms with Gasteiger partial charge in [-0.1, -0.05) is 19.8 Å². The van der Waals surface area contributed by atoms with Crippen LogP contribution in [-0.4, -0.2) is 11.6 Å². The second-order valence-corrected chi connectivity index (χ2v) is 4.76. The van der Waals surface area contributed by atoms with Crippen LogP contribution in [0.25, 0.3) is 0 Å². The van der Waals surface area contributed by atoms with E-state index in [9.17, 15) is 4.79 Å². The van der Waals surface area contributed by atoms with E-state index in [1.807, 2.05) is 0 Å². The fraction of sp³-hybridized carbons (Fsp3) is 0.909. The highest BCUT2D eigenvalue weighted by Crippen LogP contribution is 2.51. The average Bonchev–Trinajstić information content (AvgIpc) is 2.87. The second-order valence-electron chi connectivity index (χ2n) is 4.76. The summed E-state index contributed by atoms with van der Waals surface area (Å²) in [5.74, 6) is 1.57. The molecule has 2 rings (SSSR count). The topological polar surface area (TPSA) is 29.4 Å². The summed E-state index contributed by atoms with van der Waals surface area (Å²) < 4.78 is 0. The van der Waals surface area contributed by atoms with Gasteiger partial charge in [0.1, 0.15) is 0 Å². The van der Waals surface area contributed by atoms with Crippen LogP contribution in [-0.2, 0) is 4.79 Å². The lowest BCUT2D eigenvalue weighted by Gasteiger charge is -2.29. The molecule has 0 N–H and O–H groups in total. The van der Waals surface area contributed by atoms with E-state index in [0.717, 1.165) is 18.8 Å². The first kappa shape index (κ1) is 8.96. The van der Waals surface area contributed by atoms with Crippen LogP contribution in [0.2, 0.25) is 0 Å². The van der Waals surface area contributed by atoms with Gasteiger partial charge in [-0.25, -0.2) is 4.79 Å². The molecule has 0 unspecified atom stereocenters. The van der Waals surface area contributed by atoms with Crippen LogP contribution in [0.1, 0.15) is 45.4 Å². The fourth-order valence-electron chi connectivity index (χ4n) is 2.63. The van der Waals surface area contributed by atoms with Crippen molar-refractivity contribution in [2.45, 2.75) is 51.0 Å². The fourth-order valence-corrected chi connectivity index (χ4v) is 2.63. The van der Waals surface area contributed by atoms with Gasteiger partial charge in [0.15, 0.2) is 0 Å². The van der Waals surface area contributed by atoms with Crippen LogP contribution in [0.3, 0.4) is 0 Å².